The van der Waals surface area contributed by atoms with E-state index in [4.69, 9.17) is 23.7 Å². The van der Waals surface area contributed by atoms with Crippen molar-refractivity contribution in [3.05, 3.63) is 97.2 Å². The van der Waals surface area contributed by atoms with E-state index in [1.54, 1.807) is 0 Å². The maximum atomic E-state index is 13.1. The lowest BCUT2D eigenvalue weighted by atomic mass is 9.98. The fraction of sp³-hybridized carbons (Fsp3) is 0.692. The normalized spacial score (nSPS) is 18.7. The molecule has 3 N–H and O–H groups in total. The Hall–Kier alpha value is -4.36. The molecule has 0 aromatic rings. The van der Waals surface area contributed by atoms with Crippen molar-refractivity contribution in [1.82, 2.24) is 0 Å². The minimum atomic E-state index is -1.92. The van der Waals surface area contributed by atoms with E-state index in [1.807, 2.05) is 12.2 Å². The third-order valence-electron chi connectivity index (χ3n) is 13.2. The van der Waals surface area contributed by atoms with Gasteiger partial charge in [0.15, 0.2) is 24.6 Å². The lowest BCUT2D eigenvalue weighted by Crippen LogP contribution is -2.61. The van der Waals surface area contributed by atoms with Crippen LogP contribution in [0.15, 0.2) is 97.2 Å². The Labute approximate surface area is 466 Å². The van der Waals surface area contributed by atoms with Crippen molar-refractivity contribution >= 4 is 23.9 Å². The number of esters is 3. The standard InChI is InChI=1S/C65H106O12/c1-4-7-10-13-16-19-22-25-27-28-29-30-32-35-38-41-44-47-50-53-59(68)76-63-61(70)60(69)62(64(71)72)77-65(63)74-55-56(75-58(67)52-49-46-43-40-37-33-24-21-18-15-12-9-6-3)54-73-57(66)51-48-45-42-39-36-34-31-26-23-20-17-14-11-8-5-2/h8-9,11-12,17-18,20-21,26,31,33,36-37,39,43,46,56,60-63,65,69-70H,4-7,10,13-16,19,22-25,27-30,32,34-35,38,40-42,44-45,47-55H2,1-3H3,(H,71,72)/b11-8-,12-9-,20-17-,21-18-,31-26-,37-33-,39-36-,46-43-. The molecule has 1 saturated heterocycles. The Bertz CT molecular complexity index is 1710. The molecule has 0 aliphatic carbocycles. The average Bonchev–Trinajstić information content (AvgIpc) is 3.42. The van der Waals surface area contributed by atoms with Crippen molar-refractivity contribution in [1.29, 1.82) is 0 Å². The molecule has 0 saturated carbocycles. The molecule has 1 fully saturated rings. The molecular formula is C65H106O12. The van der Waals surface area contributed by atoms with Crippen LogP contribution in [-0.2, 0) is 42.9 Å². The molecule has 1 aliphatic rings. The van der Waals surface area contributed by atoms with E-state index in [2.05, 4.69) is 106 Å². The number of carboxylic acids is 1. The average molecular weight is 1080 g/mol. The van der Waals surface area contributed by atoms with Gasteiger partial charge in [0.25, 0.3) is 0 Å². The van der Waals surface area contributed by atoms with Gasteiger partial charge in [-0.1, -0.05) is 234 Å². The van der Waals surface area contributed by atoms with E-state index in [0.29, 0.717) is 25.7 Å². The second kappa shape index (κ2) is 52.3. The lowest BCUT2D eigenvalue weighted by molar-refractivity contribution is -0.301. The minimum Gasteiger partial charge on any atom is -0.479 e. The van der Waals surface area contributed by atoms with Crippen LogP contribution in [0, 0.1) is 0 Å². The molecule has 12 heteroatoms. The van der Waals surface area contributed by atoms with E-state index in [9.17, 15) is 34.5 Å². The summed E-state index contributed by atoms with van der Waals surface area (Å²) in [6.45, 7) is 5.67. The number of rotatable bonds is 50. The summed E-state index contributed by atoms with van der Waals surface area (Å²) in [4.78, 5) is 51.1. The molecule has 0 spiro atoms. The number of unbranched alkanes of at least 4 members (excludes halogenated alkanes) is 20. The Morgan fingerprint density at radius 2 is 0.844 bits per heavy atom. The molecule has 6 atom stereocenters. The number of carbonyl (C=O) groups excluding carboxylic acids is 3. The zero-order valence-corrected chi connectivity index (χ0v) is 48.2. The van der Waals surface area contributed by atoms with Gasteiger partial charge in [0, 0.05) is 19.3 Å². The molecule has 12 nitrogen and oxygen atoms in total. The number of aliphatic carboxylic acids is 1. The van der Waals surface area contributed by atoms with Gasteiger partial charge >= 0.3 is 23.9 Å². The van der Waals surface area contributed by atoms with Crippen molar-refractivity contribution in [3.8, 4) is 0 Å². The molecule has 1 rings (SSSR count). The molecule has 6 unspecified atom stereocenters. The third-order valence-corrected chi connectivity index (χ3v) is 13.2. The van der Waals surface area contributed by atoms with Crippen molar-refractivity contribution < 1.29 is 58.2 Å². The number of carbonyl (C=O) groups is 4. The van der Waals surface area contributed by atoms with Crippen molar-refractivity contribution in [2.24, 2.45) is 0 Å². The molecule has 1 heterocycles. The molecule has 0 bridgehead atoms. The first-order valence-corrected chi connectivity index (χ1v) is 30.2. The molecular weight excluding hydrogens is 973 g/mol. The third kappa shape index (κ3) is 42.3. The van der Waals surface area contributed by atoms with Crippen LogP contribution < -0.4 is 0 Å². The predicted octanol–water partition coefficient (Wildman–Crippen LogP) is 15.7. The van der Waals surface area contributed by atoms with Crippen molar-refractivity contribution in [2.45, 2.75) is 276 Å². The van der Waals surface area contributed by atoms with Crippen molar-refractivity contribution in [3.63, 3.8) is 0 Å². The van der Waals surface area contributed by atoms with Crippen LogP contribution in [0.4, 0.5) is 0 Å². The van der Waals surface area contributed by atoms with Gasteiger partial charge in [-0.15, -0.1) is 0 Å². The van der Waals surface area contributed by atoms with E-state index >= 15 is 0 Å². The van der Waals surface area contributed by atoms with Crippen LogP contribution >= 0.6 is 0 Å². The highest BCUT2D eigenvalue weighted by molar-refractivity contribution is 5.74. The van der Waals surface area contributed by atoms with Gasteiger partial charge in [-0.25, -0.2) is 4.79 Å². The minimum absolute atomic E-state index is 0.0294. The summed E-state index contributed by atoms with van der Waals surface area (Å²) < 4.78 is 28.3. The Kier molecular flexibility index (Phi) is 48.0. The van der Waals surface area contributed by atoms with Gasteiger partial charge in [0.2, 0.25) is 0 Å². The van der Waals surface area contributed by atoms with Crippen LogP contribution in [0.1, 0.15) is 239 Å². The maximum Gasteiger partial charge on any atom is 0.335 e. The maximum absolute atomic E-state index is 13.1. The monoisotopic (exact) mass is 1080 g/mol. The first-order valence-electron chi connectivity index (χ1n) is 30.2. The number of hydrogen-bond acceptors (Lipinski definition) is 11. The fourth-order valence-corrected chi connectivity index (χ4v) is 8.61. The summed E-state index contributed by atoms with van der Waals surface area (Å²) in [7, 11) is 0. The summed E-state index contributed by atoms with van der Waals surface area (Å²) in [6, 6.07) is 0. The molecule has 0 aromatic carbocycles. The SMILES string of the molecule is CC/C=C\C/C=C\C/C=C\C/C=C\CCCCC(=O)OCC(COC1OC(C(=O)O)C(O)C(O)C1OC(=O)CCCCCCCCCCCCCCCCCCCCC)OC(=O)CC/C=C\C/C=C\C/C=C\C/C=C\CC. The van der Waals surface area contributed by atoms with Gasteiger partial charge in [-0.05, 0) is 83.5 Å². The molecule has 77 heavy (non-hydrogen) atoms. The van der Waals surface area contributed by atoms with E-state index in [-0.39, 0.29) is 25.9 Å². The second-order valence-electron chi connectivity index (χ2n) is 20.2. The van der Waals surface area contributed by atoms with Crippen LogP contribution in [0.3, 0.4) is 0 Å². The second-order valence-corrected chi connectivity index (χ2v) is 20.2. The van der Waals surface area contributed by atoms with Gasteiger partial charge in [-0.3, -0.25) is 14.4 Å². The summed E-state index contributed by atoms with van der Waals surface area (Å²) in [6.07, 6.45) is 56.9. The van der Waals surface area contributed by atoms with Crippen LogP contribution in [0.2, 0.25) is 0 Å². The fourth-order valence-electron chi connectivity index (χ4n) is 8.61. The number of allylic oxidation sites excluding steroid dienone is 16. The largest absolute Gasteiger partial charge is 0.479 e. The van der Waals surface area contributed by atoms with E-state index in [1.165, 1.54) is 89.9 Å². The first kappa shape index (κ1) is 70.7. The number of carboxylic acid groups (broad SMARTS) is 1. The molecule has 0 amide bonds. The summed E-state index contributed by atoms with van der Waals surface area (Å²) in [5.41, 5.74) is 0. The highest BCUT2D eigenvalue weighted by Crippen LogP contribution is 2.26. The summed E-state index contributed by atoms with van der Waals surface area (Å²) in [5.74, 6) is -3.29. The van der Waals surface area contributed by atoms with Crippen molar-refractivity contribution in [2.75, 3.05) is 13.2 Å². The van der Waals surface area contributed by atoms with Gasteiger partial charge in [0.05, 0.1) is 6.61 Å². The molecule has 0 radical (unpaired) electrons. The Morgan fingerprint density at radius 3 is 1.30 bits per heavy atom. The highest BCUT2D eigenvalue weighted by atomic mass is 16.7. The summed E-state index contributed by atoms with van der Waals surface area (Å²) in [5, 5.41) is 31.5. The van der Waals surface area contributed by atoms with E-state index in [0.717, 1.165) is 83.5 Å². The Morgan fingerprint density at radius 1 is 0.442 bits per heavy atom. The number of aliphatic hydroxyl groups excluding tert-OH is 2. The number of hydrogen-bond donors (Lipinski definition) is 3. The molecule has 438 valence electrons. The van der Waals surface area contributed by atoms with Gasteiger partial charge < -0.3 is 39.0 Å². The highest BCUT2D eigenvalue weighted by Gasteiger charge is 2.50. The molecule has 1 aliphatic heterocycles. The summed E-state index contributed by atoms with van der Waals surface area (Å²) >= 11 is 0. The lowest BCUT2D eigenvalue weighted by Gasteiger charge is -2.40. The van der Waals surface area contributed by atoms with Crippen LogP contribution in [0.25, 0.3) is 0 Å². The molecule has 0 aromatic heterocycles. The van der Waals surface area contributed by atoms with Crippen LogP contribution in [-0.4, -0.2) is 89.2 Å². The smallest absolute Gasteiger partial charge is 0.335 e. The van der Waals surface area contributed by atoms with Crippen LogP contribution in [0.5, 0.6) is 0 Å². The zero-order chi connectivity index (χ0) is 56.1. The zero-order valence-electron chi connectivity index (χ0n) is 48.2. The van der Waals surface area contributed by atoms with Gasteiger partial charge in [0.1, 0.15) is 18.8 Å². The number of aliphatic hydroxyl groups is 2. The first-order chi connectivity index (χ1) is 37.6. The predicted molar refractivity (Wildman–Crippen MR) is 312 cm³/mol. The quantitative estimate of drug-likeness (QED) is 0.0228. The Balaban J connectivity index is 2.71. The van der Waals surface area contributed by atoms with E-state index < -0.39 is 67.3 Å². The van der Waals surface area contributed by atoms with Gasteiger partial charge in [-0.2, -0.15) is 0 Å². The topological polar surface area (TPSA) is 175 Å². The number of ether oxygens (including phenoxy) is 5.